The zero-order valence-electron chi connectivity index (χ0n) is 15.0. The Morgan fingerprint density at radius 1 is 0.786 bits per heavy atom. The second-order valence-electron chi connectivity index (χ2n) is 6.05. The molecule has 3 aromatic rings. The fourth-order valence-corrected chi connectivity index (χ4v) is 3.60. The van der Waals surface area contributed by atoms with Gasteiger partial charge < -0.3 is 10.6 Å². The van der Waals surface area contributed by atoms with Crippen LogP contribution in [0.4, 0.5) is 11.4 Å². The van der Waals surface area contributed by atoms with Crippen molar-refractivity contribution in [2.75, 3.05) is 16.4 Å². The predicted octanol–water partition coefficient (Wildman–Crippen LogP) is 5.36. The third kappa shape index (κ3) is 6.25. The molecule has 0 bridgehead atoms. The largest absolute Gasteiger partial charge is 0.326 e. The number of para-hydroxylation sites is 1. The van der Waals surface area contributed by atoms with E-state index in [2.05, 4.69) is 26.6 Å². The Morgan fingerprint density at radius 3 is 2.18 bits per heavy atom. The van der Waals surface area contributed by atoms with Crippen molar-refractivity contribution in [3.8, 4) is 0 Å². The van der Waals surface area contributed by atoms with Crippen molar-refractivity contribution in [1.82, 2.24) is 0 Å². The summed E-state index contributed by atoms with van der Waals surface area (Å²) in [5.41, 5.74) is 2.47. The summed E-state index contributed by atoms with van der Waals surface area (Å²) in [6, 6.07) is 24.6. The third-order valence-electron chi connectivity index (χ3n) is 3.86. The molecule has 0 atom stereocenters. The first-order valence-electron chi connectivity index (χ1n) is 8.71. The molecule has 0 radical (unpaired) electrons. The number of nitrogens with one attached hydrogen (secondary N) is 2. The minimum Gasteiger partial charge on any atom is -0.326 e. The van der Waals surface area contributed by atoms with Crippen LogP contribution in [0.2, 0.25) is 0 Å². The molecule has 2 N–H and O–H groups in total. The van der Waals surface area contributed by atoms with Crippen LogP contribution in [0.15, 0.2) is 88.2 Å². The number of halogens is 1. The minimum atomic E-state index is -0.0721. The summed E-state index contributed by atoms with van der Waals surface area (Å²) in [7, 11) is 0. The average molecular weight is 455 g/mol. The Morgan fingerprint density at radius 2 is 1.46 bits per heavy atom. The van der Waals surface area contributed by atoms with Crippen molar-refractivity contribution in [2.45, 2.75) is 11.3 Å². The van der Waals surface area contributed by atoms with Gasteiger partial charge in [-0.3, -0.25) is 9.59 Å². The van der Waals surface area contributed by atoms with Gasteiger partial charge in [0.1, 0.15) is 0 Å². The van der Waals surface area contributed by atoms with Gasteiger partial charge in [0.25, 0.3) is 0 Å². The summed E-state index contributed by atoms with van der Waals surface area (Å²) in [6.45, 7) is 0. The SMILES string of the molecule is O=C(Cc1ccccc1)Nc1ccc(SCC(=O)Nc2ccccc2Br)cc1. The van der Waals surface area contributed by atoms with Crippen molar-refractivity contribution in [1.29, 1.82) is 0 Å². The van der Waals surface area contributed by atoms with Crippen LogP contribution >= 0.6 is 27.7 Å². The van der Waals surface area contributed by atoms with Crippen molar-refractivity contribution >= 4 is 50.9 Å². The highest BCUT2D eigenvalue weighted by atomic mass is 79.9. The average Bonchev–Trinajstić information content (AvgIpc) is 2.70. The minimum absolute atomic E-state index is 0.0561. The molecule has 0 aliphatic rings. The Labute approximate surface area is 176 Å². The molecule has 142 valence electrons. The fraction of sp³-hybridized carbons (Fsp3) is 0.0909. The fourth-order valence-electron chi connectivity index (χ4n) is 2.52. The molecule has 0 saturated carbocycles. The van der Waals surface area contributed by atoms with E-state index in [1.807, 2.05) is 78.9 Å². The number of carbonyl (C=O) groups is 2. The van der Waals surface area contributed by atoms with Gasteiger partial charge in [0.15, 0.2) is 0 Å². The lowest BCUT2D eigenvalue weighted by molar-refractivity contribution is -0.115. The molecular weight excluding hydrogens is 436 g/mol. The molecule has 6 heteroatoms. The molecule has 0 fully saturated rings. The molecule has 2 amide bonds. The molecule has 0 heterocycles. The van der Waals surface area contributed by atoms with Gasteiger partial charge in [0.05, 0.1) is 17.9 Å². The summed E-state index contributed by atoms with van der Waals surface area (Å²) < 4.78 is 0.851. The van der Waals surface area contributed by atoms with Gasteiger partial charge in [0.2, 0.25) is 11.8 Å². The molecule has 3 rings (SSSR count). The van der Waals surface area contributed by atoms with Gasteiger partial charge in [-0.1, -0.05) is 42.5 Å². The van der Waals surface area contributed by atoms with Crippen LogP contribution in [-0.2, 0) is 16.0 Å². The number of amides is 2. The van der Waals surface area contributed by atoms with Gasteiger partial charge in [-0.25, -0.2) is 0 Å². The zero-order chi connectivity index (χ0) is 19.8. The highest BCUT2D eigenvalue weighted by molar-refractivity contribution is 9.10. The lowest BCUT2D eigenvalue weighted by Gasteiger charge is -2.08. The smallest absolute Gasteiger partial charge is 0.234 e. The van der Waals surface area contributed by atoms with E-state index in [4.69, 9.17) is 0 Å². The molecule has 0 unspecified atom stereocenters. The molecule has 28 heavy (non-hydrogen) atoms. The van der Waals surface area contributed by atoms with E-state index < -0.39 is 0 Å². The van der Waals surface area contributed by atoms with Crippen LogP contribution in [-0.4, -0.2) is 17.6 Å². The number of hydrogen-bond donors (Lipinski definition) is 2. The van der Waals surface area contributed by atoms with Crippen LogP contribution in [0.3, 0.4) is 0 Å². The maximum Gasteiger partial charge on any atom is 0.234 e. The summed E-state index contributed by atoms with van der Waals surface area (Å²) in [5.74, 6) is 0.178. The summed E-state index contributed by atoms with van der Waals surface area (Å²) in [4.78, 5) is 25.2. The molecule has 4 nitrogen and oxygen atoms in total. The van der Waals surface area contributed by atoms with E-state index in [9.17, 15) is 9.59 Å². The highest BCUT2D eigenvalue weighted by Gasteiger charge is 2.07. The molecule has 0 spiro atoms. The molecule has 0 aliphatic carbocycles. The van der Waals surface area contributed by atoms with Crippen LogP contribution in [0.25, 0.3) is 0 Å². The third-order valence-corrected chi connectivity index (χ3v) is 5.57. The predicted molar refractivity (Wildman–Crippen MR) is 119 cm³/mol. The maximum absolute atomic E-state index is 12.1. The Bertz CT molecular complexity index is 946. The summed E-state index contributed by atoms with van der Waals surface area (Å²) in [5, 5.41) is 5.77. The number of hydrogen-bond acceptors (Lipinski definition) is 3. The first-order chi connectivity index (χ1) is 13.6. The molecule has 0 aromatic heterocycles. The first kappa shape index (κ1) is 20.2. The highest BCUT2D eigenvalue weighted by Crippen LogP contribution is 2.23. The van der Waals surface area contributed by atoms with Crippen molar-refractivity contribution in [3.05, 3.63) is 88.9 Å². The number of carbonyl (C=O) groups excluding carboxylic acids is 2. The normalized spacial score (nSPS) is 10.3. The lowest BCUT2D eigenvalue weighted by atomic mass is 10.1. The van der Waals surface area contributed by atoms with Crippen LogP contribution in [0.5, 0.6) is 0 Å². The Hall–Kier alpha value is -2.57. The first-order valence-corrected chi connectivity index (χ1v) is 10.5. The zero-order valence-corrected chi connectivity index (χ0v) is 17.4. The molecular formula is C22H19BrN2O2S. The quantitative estimate of drug-likeness (QED) is 0.472. The summed E-state index contributed by atoms with van der Waals surface area (Å²) in [6.07, 6.45) is 0.340. The second kappa shape index (κ2) is 10.1. The molecule has 0 saturated heterocycles. The van der Waals surface area contributed by atoms with Gasteiger partial charge >= 0.3 is 0 Å². The van der Waals surface area contributed by atoms with E-state index in [1.54, 1.807) is 0 Å². The molecule has 3 aromatic carbocycles. The van der Waals surface area contributed by atoms with E-state index in [0.29, 0.717) is 12.2 Å². The number of benzene rings is 3. The van der Waals surface area contributed by atoms with Crippen molar-refractivity contribution in [2.24, 2.45) is 0 Å². The van der Waals surface area contributed by atoms with Crippen molar-refractivity contribution < 1.29 is 9.59 Å². The topological polar surface area (TPSA) is 58.2 Å². The van der Waals surface area contributed by atoms with Crippen molar-refractivity contribution in [3.63, 3.8) is 0 Å². The second-order valence-corrected chi connectivity index (χ2v) is 7.95. The van der Waals surface area contributed by atoms with E-state index >= 15 is 0 Å². The number of anilines is 2. The monoisotopic (exact) mass is 454 g/mol. The van der Waals surface area contributed by atoms with Gasteiger partial charge in [0, 0.05) is 15.1 Å². The Balaban J connectivity index is 1.47. The molecule has 0 aliphatic heterocycles. The number of thioether (sulfide) groups is 1. The lowest BCUT2D eigenvalue weighted by Crippen LogP contribution is -2.14. The van der Waals surface area contributed by atoms with E-state index in [1.165, 1.54) is 11.8 Å². The van der Waals surface area contributed by atoms with Gasteiger partial charge in [-0.05, 0) is 57.9 Å². The van der Waals surface area contributed by atoms with Crippen LogP contribution in [0.1, 0.15) is 5.56 Å². The van der Waals surface area contributed by atoms with Gasteiger partial charge in [-0.2, -0.15) is 0 Å². The summed E-state index contributed by atoms with van der Waals surface area (Å²) >= 11 is 4.86. The van der Waals surface area contributed by atoms with Crippen LogP contribution < -0.4 is 10.6 Å². The van der Waals surface area contributed by atoms with E-state index in [-0.39, 0.29) is 11.8 Å². The van der Waals surface area contributed by atoms with Crippen LogP contribution in [0, 0.1) is 0 Å². The standard InChI is InChI=1S/C22H19BrN2O2S/c23-19-8-4-5-9-20(19)25-22(27)15-28-18-12-10-17(11-13-18)24-21(26)14-16-6-2-1-3-7-16/h1-13H,14-15H2,(H,24,26)(H,25,27). The Kier molecular flexibility index (Phi) is 7.28. The number of rotatable bonds is 7. The maximum atomic E-state index is 12.1. The van der Waals surface area contributed by atoms with Gasteiger partial charge in [-0.15, -0.1) is 11.8 Å². The van der Waals surface area contributed by atoms with E-state index in [0.717, 1.165) is 26.3 Å².